The van der Waals surface area contributed by atoms with Crippen molar-refractivity contribution < 1.29 is 9.53 Å². The number of nitrogens with one attached hydrogen (secondary N) is 2. The number of rotatable bonds is 2. The van der Waals surface area contributed by atoms with Gasteiger partial charge in [0.15, 0.2) is 0 Å². The summed E-state index contributed by atoms with van der Waals surface area (Å²) in [4.78, 5) is 22.8. The molecule has 2 rings (SSSR count). The molecule has 2 aromatic rings. The summed E-state index contributed by atoms with van der Waals surface area (Å²) in [5.74, 6) is 0.727. The van der Waals surface area contributed by atoms with Gasteiger partial charge in [0, 0.05) is 5.56 Å². The number of H-pyrrole nitrogens is 1. The van der Waals surface area contributed by atoms with Crippen LogP contribution in [0, 0.1) is 4.77 Å². The van der Waals surface area contributed by atoms with Gasteiger partial charge in [0.05, 0.1) is 0 Å². The number of carbonyl (C=O) groups is 1. The minimum atomic E-state index is -0.606. The van der Waals surface area contributed by atoms with Gasteiger partial charge < -0.3 is 9.72 Å². The smallest absolute Gasteiger partial charge is 0.414 e. The molecule has 0 radical (unpaired) electrons. The van der Waals surface area contributed by atoms with Crippen LogP contribution in [-0.4, -0.2) is 26.6 Å². The lowest BCUT2D eigenvalue weighted by Gasteiger charge is -2.19. The van der Waals surface area contributed by atoms with E-state index in [2.05, 4.69) is 20.3 Å². The van der Waals surface area contributed by atoms with Crippen LogP contribution in [0.25, 0.3) is 11.4 Å². The molecule has 7 heteroatoms. The van der Waals surface area contributed by atoms with Gasteiger partial charge in [-0.3, -0.25) is 5.32 Å². The Hall–Kier alpha value is -2.28. The van der Waals surface area contributed by atoms with Crippen molar-refractivity contribution >= 4 is 24.3 Å². The van der Waals surface area contributed by atoms with Crippen LogP contribution in [0.5, 0.6) is 0 Å². The molecule has 21 heavy (non-hydrogen) atoms. The van der Waals surface area contributed by atoms with Gasteiger partial charge in [-0.25, -0.2) is 9.78 Å². The highest BCUT2D eigenvalue weighted by Crippen LogP contribution is 2.15. The number of carbonyl (C=O) groups excluding carboxylic acids is 1. The van der Waals surface area contributed by atoms with Crippen molar-refractivity contribution in [1.29, 1.82) is 0 Å². The van der Waals surface area contributed by atoms with Gasteiger partial charge in [-0.2, -0.15) is 4.98 Å². The summed E-state index contributed by atoms with van der Waals surface area (Å²) >= 11 is 5.02. The number of benzene rings is 1. The monoisotopic (exact) mass is 304 g/mol. The Bertz CT molecular complexity index is 692. The van der Waals surface area contributed by atoms with Crippen LogP contribution < -0.4 is 5.32 Å². The Labute approximate surface area is 127 Å². The highest BCUT2D eigenvalue weighted by molar-refractivity contribution is 7.71. The number of nitrogens with zero attached hydrogens (tertiary/aromatic N) is 2. The molecule has 6 nitrogen and oxygen atoms in total. The van der Waals surface area contributed by atoms with E-state index in [1.165, 1.54) is 0 Å². The summed E-state index contributed by atoms with van der Waals surface area (Å²) < 4.78 is 5.30. The van der Waals surface area contributed by atoms with Crippen molar-refractivity contribution in [2.75, 3.05) is 5.32 Å². The van der Waals surface area contributed by atoms with Crippen LogP contribution in [0.2, 0.25) is 0 Å². The van der Waals surface area contributed by atoms with Gasteiger partial charge in [0.2, 0.25) is 10.7 Å². The fourth-order valence-electron chi connectivity index (χ4n) is 1.58. The minimum Gasteiger partial charge on any atom is -0.444 e. The zero-order chi connectivity index (χ0) is 15.5. The quantitative estimate of drug-likeness (QED) is 0.829. The topological polar surface area (TPSA) is 79.9 Å². The van der Waals surface area contributed by atoms with Gasteiger partial charge >= 0.3 is 6.09 Å². The van der Waals surface area contributed by atoms with E-state index in [9.17, 15) is 4.79 Å². The maximum atomic E-state index is 11.7. The van der Waals surface area contributed by atoms with E-state index in [1.807, 2.05) is 30.3 Å². The first-order valence-corrected chi connectivity index (χ1v) is 6.78. The SMILES string of the molecule is CC(C)(C)OC(=O)Nc1nc(=S)nc(-c2ccccc2)[nH]1. The van der Waals surface area contributed by atoms with Crippen LogP contribution in [0.1, 0.15) is 20.8 Å². The fraction of sp³-hybridized carbons (Fsp3) is 0.286. The molecule has 0 atom stereocenters. The fourth-order valence-corrected chi connectivity index (χ4v) is 1.76. The number of aromatic amines is 1. The molecule has 1 aromatic carbocycles. The molecule has 1 amide bonds. The third-order valence-corrected chi connectivity index (χ3v) is 2.50. The number of hydrogen-bond acceptors (Lipinski definition) is 5. The number of hydrogen-bond donors (Lipinski definition) is 2. The van der Waals surface area contributed by atoms with E-state index in [4.69, 9.17) is 17.0 Å². The largest absolute Gasteiger partial charge is 0.444 e. The zero-order valence-corrected chi connectivity index (χ0v) is 12.8. The van der Waals surface area contributed by atoms with Crippen molar-refractivity contribution in [3.05, 3.63) is 35.1 Å². The Balaban J connectivity index is 2.24. The first-order chi connectivity index (χ1) is 9.83. The Kier molecular flexibility index (Phi) is 4.32. The first-order valence-electron chi connectivity index (χ1n) is 6.37. The molecule has 1 aromatic heterocycles. The first kappa shape index (κ1) is 15.1. The highest BCUT2D eigenvalue weighted by Gasteiger charge is 2.17. The summed E-state index contributed by atoms with van der Waals surface area (Å²) in [7, 11) is 0. The molecule has 0 bridgehead atoms. The summed E-state index contributed by atoms with van der Waals surface area (Å²) in [5.41, 5.74) is 0.258. The molecule has 110 valence electrons. The molecule has 0 aliphatic rings. The van der Waals surface area contributed by atoms with Gasteiger partial charge in [0.1, 0.15) is 11.4 Å². The summed E-state index contributed by atoms with van der Waals surface area (Å²) in [6.07, 6.45) is -0.606. The van der Waals surface area contributed by atoms with E-state index in [1.54, 1.807) is 20.8 Å². The van der Waals surface area contributed by atoms with Gasteiger partial charge in [0.25, 0.3) is 0 Å². The van der Waals surface area contributed by atoms with Crippen molar-refractivity contribution in [1.82, 2.24) is 15.0 Å². The molecule has 0 saturated carbocycles. The summed E-state index contributed by atoms with van der Waals surface area (Å²) in [6, 6.07) is 9.43. The predicted molar refractivity (Wildman–Crippen MR) is 82.5 cm³/mol. The average Bonchev–Trinajstić information content (AvgIpc) is 2.36. The molecular weight excluding hydrogens is 288 g/mol. The van der Waals surface area contributed by atoms with Crippen LogP contribution in [0.3, 0.4) is 0 Å². The van der Waals surface area contributed by atoms with Crippen LogP contribution in [-0.2, 0) is 4.74 Å². The van der Waals surface area contributed by atoms with Gasteiger partial charge in [-0.1, -0.05) is 30.3 Å². The molecule has 0 saturated heterocycles. The van der Waals surface area contributed by atoms with Crippen LogP contribution >= 0.6 is 12.2 Å². The molecule has 0 aliphatic carbocycles. The Morgan fingerprint density at radius 3 is 2.52 bits per heavy atom. The van der Waals surface area contributed by atoms with Gasteiger partial charge in [-0.15, -0.1) is 0 Å². The van der Waals surface area contributed by atoms with Crippen molar-refractivity contribution in [2.45, 2.75) is 26.4 Å². The van der Waals surface area contributed by atoms with E-state index in [0.717, 1.165) is 5.56 Å². The highest BCUT2D eigenvalue weighted by atomic mass is 32.1. The number of ether oxygens (including phenoxy) is 1. The maximum absolute atomic E-state index is 11.7. The molecule has 0 spiro atoms. The standard InChI is InChI=1S/C14H16N4O2S/c1-14(2,3)20-13(19)18-11-15-10(16-12(21)17-11)9-7-5-4-6-8-9/h4-8H,1-3H3,(H2,15,16,17,18,19,21). The van der Waals surface area contributed by atoms with Crippen LogP contribution in [0.4, 0.5) is 10.7 Å². The lowest BCUT2D eigenvalue weighted by atomic mass is 10.2. The van der Waals surface area contributed by atoms with Crippen LogP contribution in [0.15, 0.2) is 30.3 Å². The Morgan fingerprint density at radius 1 is 1.24 bits per heavy atom. The maximum Gasteiger partial charge on any atom is 0.414 e. The van der Waals surface area contributed by atoms with Crippen molar-refractivity contribution in [3.8, 4) is 11.4 Å². The second kappa shape index (κ2) is 6.01. The van der Waals surface area contributed by atoms with E-state index in [-0.39, 0.29) is 10.7 Å². The number of aromatic nitrogens is 3. The molecule has 0 aliphatic heterocycles. The van der Waals surface area contributed by atoms with Gasteiger partial charge in [-0.05, 0) is 33.0 Å². The molecular formula is C14H16N4O2S. The lowest BCUT2D eigenvalue weighted by Crippen LogP contribution is -2.28. The Morgan fingerprint density at radius 2 is 1.90 bits per heavy atom. The second-order valence-electron chi connectivity index (χ2n) is 5.32. The predicted octanol–water partition coefficient (Wildman–Crippen LogP) is 3.55. The van der Waals surface area contributed by atoms with Crippen molar-refractivity contribution in [2.24, 2.45) is 0 Å². The third kappa shape index (κ3) is 4.64. The van der Waals surface area contributed by atoms with E-state index < -0.39 is 11.7 Å². The molecule has 2 N–H and O–H groups in total. The zero-order valence-electron chi connectivity index (χ0n) is 12.0. The lowest BCUT2D eigenvalue weighted by molar-refractivity contribution is 0.0634. The molecule has 0 fully saturated rings. The molecule has 1 heterocycles. The van der Waals surface area contributed by atoms with E-state index in [0.29, 0.717) is 5.82 Å². The number of amides is 1. The minimum absolute atomic E-state index is 0.138. The number of anilines is 1. The normalized spacial score (nSPS) is 11.0. The molecule has 0 unspecified atom stereocenters. The third-order valence-electron chi connectivity index (χ3n) is 2.32. The second-order valence-corrected chi connectivity index (χ2v) is 5.69. The summed E-state index contributed by atoms with van der Waals surface area (Å²) in [5, 5.41) is 2.51. The van der Waals surface area contributed by atoms with E-state index >= 15 is 0 Å². The summed E-state index contributed by atoms with van der Waals surface area (Å²) in [6.45, 7) is 5.35. The van der Waals surface area contributed by atoms with Crippen molar-refractivity contribution in [3.63, 3.8) is 0 Å². The average molecular weight is 304 g/mol.